The van der Waals surface area contributed by atoms with Gasteiger partial charge >= 0.3 is 0 Å². The van der Waals surface area contributed by atoms with Gasteiger partial charge in [0.05, 0.1) is 11.4 Å². The molecule has 0 spiro atoms. The van der Waals surface area contributed by atoms with E-state index >= 15 is 0 Å². The van der Waals surface area contributed by atoms with E-state index in [0.717, 1.165) is 23.5 Å². The van der Waals surface area contributed by atoms with Crippen LogP contribution in [0.3, 0.4) is 0 Å². The second-order valence-corrected chi connectivity index (χ2v) is 6.79. The van der Waals surface area contributed by atoms with Gasteiger partial charge in [0, 0.05) is 47.8 Å². The minimum atomic E-state index is -0.286. The van der Waals surface area contributed by atoms with Crippen molar-refractivity contribution in [3.63, 3.8) is 0 Å². The van der Waals surface area contributed by atoms with Crippen molar-refractivity contribution in [2.24, 2.45) is 0 Å². The van der Waals surface area contributed by atoms with Gasteiger partial charge in [-0.05, 0) is 32.4 Å². The summed E-state index contributed by atoms with van der Waals surface area (Å²) >= 11 is 0. The summed E-state index contributed by atoms with van der Waals surface area (Å²) < 4.78 is 30.9. The molecule has 1 saturated carbocycles. The first-order valence-electron chi connectivity index (χ1n) is 8.31. The highest BCUT2D eigenvalue weighted by molar-refractivity contribution is 5.53. The first-order valence-corrected chi connectivity index (χ1v) is 8.31. The summed E-state index contributed by atoms with van der Waals surface area (Å²) in [4.78, 5) is 9.26. The highest BCUT2D eigenvalue weighted by Crippen LogP contribution is 2.54. The second kappa shape index (κ2) is 4.88. The maximum Gasteiger partial charge on any atom is 0.143 e. The standard InChI is InChI=1S/C19H16F2N4/c1-10-15(21)4-6-25-11(2)18(23-19(10)25)14-8-13(14)16-9-24-5-3-12(20)7-17(24)22-16/h3-7,9,13-14H,8H2,1-2H3. The summed E-state index contributed by atoms with van der Waals surface area (Å²) in [5.41, 5.74) is 4.86. The van der Waals surface area contributed by atoms with Crippen LogP contribution >= 0.6 is 0 Å². The van der Waals surface area contributed by atoms with Crippen molar-refractivity contribution in [2.45, 2.75) is 32.1 Å². The molecule has 6 heteroatoms. The van der Waals surface area contributed by atoms with Crippen LogP contribution in [0.1, 0.15) is 40.9 Å². The lowest BCUT2D eigenvalue weighted by atomic mass is 10.2. The number of hydrogen-bond donors (Lipinski definition) is 0. The highest BCUT2D eigenvalue weighted by Gasteiger charge is 2.44. The van der Waals surface area contributed by atoms with E-state index in [4.69, 9.17) is 4.98 Å². The molecule has 4 heterocycles. The summed E-state index contributed by atoms with van der Waals surface area (Å²) in [5, 5.41) is 0. The van der Waals surface area contributed by atoms with Crippen molar-refractivity contribution in [1.82, 2.24) is 18.8 Å². The molecule has 0 N–H and O–H groups in total. The van der Waals surface area contributed by atoms with Gasteiger partial charge in [-0.1, -0.05) is 0 Å². The number of aryl methyl sites for hydroxylation is 2. The largest absolute Gasteiger partial charge is 0.307 e. The van der Waals surface area contributed by atoms with Gasteiger partial charge in [0.15, 0.2) is 0 Å². The maximum atomic E-state index is 13.8. The van der Waals surface area contributed by atoms with E-state index in [9.17, 15) is 8.78 Å². The predicted octanol–water partition coefficient (Wildman–Crippen LogP) is 4.15. The van der Waals surface area contributed by atoms with Gasteiger partial charge in [-0.15, -0.1) is 0 Å². The molecule has 4 nitrogen and oxygen atoms in total. The van der Waals surface area contributed by atoms with Crippen molar-refractivity contribution >= 4 is 11.3 Å². The van der Waals surface area contributed by atoms with Crippen LogP contribution < -0.4 is 0 Å². The van der Waals surface area contributed by atoms with Gasteiger partial charge in [-0.3, -0.25) is 0 Å². The second-order valence-electron chi connectivity index (χ2n) is 6.79. The van der Waals surface area contributed by atoms with Crippen LogP contribution in [0.15, 0.2) is 36.8 Å². The predicted molar refractivity (Wildman–Crippen MR) is 89.9 cm³/mol. The number of halogens is 2. The fraction of sp³-hybridized carbons (Fsp3) is 0.263. The summed E-state index contributed by atoms with van der Waals surface area (Å²) in [6.07, 6.45) is 6.32. The topological polar surface area (TPSA) is 34.6 Å². The quantitative estimate of drug-likeness (QED) is 0.550. The Labute approximate surface area is 142 Å². The molecule has 25 heavy (non-hydrogen) atoms. The minimum absolute atomic E-state index is 0.237. The van der Waals surface area contributed by atoms with E-state index in [1.165, 1.54) is 18.2 Å². The smallest absolute Gasteiger partial charge is 0.143 e. The summed E-state index contributed by atoms with van der Waals surface area (Å²) in [6, 6.07) is 4.33. The molecule has 1 aliphatic carbocycles. The molecule has 1 aliphatic rings. The van der Waals surface area contributed by atoms with Gasteiger partial charge in [0.25, 0.3) is 0 Å². The Hall–Kier alpha value is -2.76. The molecule has 126 valence electrons. The molecule has 2 atom stereocenters. The van der Waals surface area contributed by atoms with Crippen molar-refractivity contribution in [2.75, 3.05) is 0 Å². The van der Waals surface area contributed by atoms with Crippen LogP contribution in [0.25, 0.3) is 11.3 Å². The Bertz CT molecular complexity index is 1140. The van der Waals surface area contributed by atoms with Crippen molar-refractivity contribution in [3.8, 4) is 0 Å². The molecule has 0 saturated heterocycles. The Morgan fingerprint density at radius 2 is 1.92 bits per heavy atom. The molecule has 0 radical (unpaired) electrons. The normalized spacial score (nSPS) is 19.8. The van der Waals surface area contributed by atoms with Crippen molar-refractivity contribution in [3.05, 3.63) is 71.1 Å². The number of pyridine rings is 2. The zero-order chi connectivity index (χ0) is 17.3. The summed E-state index contributed by atoms with van der Waals surface area (Å²) in [6.45, 7) is 3.77. The van der Waals surface area contributed by atoms with E-state index in [2.05, 4.69) is 4.98 Å². The van der Waals surface area contributed by atoms with E-state index in [0.29, 0.717) is 16.9 Å². The third-order valence-electron chi connectivity index (χ3n) is 5.21. The highest BCUT2D eigenvalue weighted by atomic mass is 19.1. The minimum Gasteiger partial charge on any atom is -0.307 e. The monoisotopic (exact) mass is 338 g/mol. The summed E-state index contributed by atoms with van der Waals surface area (Å²) in [5.74, 6) is 0.0262. The van der Waals surface area contributed by atoms with Gasteiger partial charge in [-0.2, -0.15) is 0 Å². The Morgan fingerprint density at radius 1 is 1.08 bits per heavy atom. The first-order chi connectivity index (χ1) is 12.0. The van der Waals surface area contributed by atoms with Gasteiger partial charge in [0.1, 0.15) is 22.9 Å². The van der Waals surface area contributed by atoms with E-state index < -0.39 is 0 Å². The number of fused-ring (bicyclic) bond motifs is 2. The molecule has 4 aromatic heterocycles. The SMILES string of the molecule is Cc1c(F)ccn2c(C)c(C3CC3c3cn4ccc(F)cc4n3)nc12. The van der Waals surface area contributed by atoms with Gasteiger partial charge in [0.2, 0.25) is 0 Å². The lowest BCUT2D eigenvalue weighted by molar-refractivity contribution is 0.617. The van der Waals surface area contributed by atoms with Crippen LogP contribution in [0.4, 0.5) is 8.78 Å². The third kappa shape index (κ3) is 2.10. The van der Waals surface area contributed by atoms with Crippen LogP contribution in [-0.4, -0.2) is 18.8 Å². The van der Waals surface area contributed by atoms with Crippen molar-refractivity contribution in [1.29, 1.82) is 0 Å². The average molecular weight is 338 g/mol. The molecule has 0 bridgehead atoms. The van der Waals surface area contributed by atoms with Crippen LogP contribution in [0.2, 0.25) is 0 Å². The summed E-state index contributed by atoms with van der Waals surface area (Å²) in [7, 11) is 0. The zero-order valence-electron chi connectivity index (χ0n) is 13.9. The molecule has 5 rings (SSSR count). The van der Waals surface area contributed by atoms with Gasteiger partial charge < -0.3 is 8.80 Å². The number of imidazole rings is 2. The lowest BCUT2D eigenvalue weighted by Gasteiger charge is -2.00. The fourth-order valence-electron chi connectivity index (χ4n) is 3.68. The van der Waals surface area contributed by atoms with E-state index in [-0.39, 0.29) is 23.5 Å². The van der Waals surface area contributed by atoms with Crippen molar-refractivity contribution < 1.29 is 8.78 Å². The maximum absolute atomic E-state index is 13.8. The lowest BCUT2D eigenvalue weighted by Crippen LogP contribution is -1.93. The van der Waals surface area contributed by atoms with Crippen LogP contribution in [0.5, 0.6) is 0 Å². The Kier molecular flexibility index (Phi) is 2.84. The Balaban J connectivity index is 1.54. The molecule has 0 amide bonds. The molecular formula is C19H16F2N4. The van der Waals surface area contributed by atoms with Gasteiger partial charge in [-0.25, -0.2) is 18.7 Å². The Morgan fingerprint density at radius 3 is 2.76 bits per heavy atom. The van der Waals surface area contributed by atoms with E-state index in [1.54, 1.807) is 19.3 Å². The fourth-order valence-corrected chi connectivity index (χ4v) is 3.68. The third-order valence-corrected chi connectivity index (χ3v) is 5.21. The molecule has 0 aromatic carbocycles. The number of hydrogen-bond acceptors (Lipinski definition) is 2. The first kappa shape index (κ1) is 14.6. The average Bonchev–Trinajstić information content (AvgIpc) is 3.15. The van der Waals surface area contributed by atoms with E-state index in [1.807, 2.05) is 21.9 Å². The number of nitrogens with zero attached hydrogens (tertiary/aromatic N) is 4. The molecular weight excluding hydrogens is 322 g/mol. The molecule has 1 fully saturated rings. The number of aromatic nitrogens is 4. The zero-order valence-corrected chi connectivity index (χ0v) is 13.9. The van der Waals surface area contributed by atoms with Crippen LogP contribution in [0, 0.1) is 25.5 Å². The van der Waals surface area contributed by atoms with Crippen LogP contribution in [-0.2, 0) is 0 Å². The molecule has 4 aromatic rings. The molecule has 2 unspecified atom stereocenters. The molecule has 0 aliphatic heterocycles. The number of rotatable bonds is 2.